The van der Waals surface area contributed by atoms with Gasteiger partial charge in [-0.3, -0.25) is 9.79 Å². The molecule has 33 heavy (non-hydrogen) atoms. The van der Waals surface area contributed by atoms with Crippen molar-refractivity contribution in [2.75, 3.05) is 25.5 Å². The van der Waals surface area contributed by atoms with Crippen molar-refractivity contribution in [2.45, 2.75) is 13.1 Å². The number of nitrogens with one attached hydrogen (secondary N) is 1. The van der Waals surface area contributed by atoms with Crippen LogP contribution >= 0.6 is 27.5 Å². The Balaban J connectivity index is 1.81. The molecule has 2 aromatic heterocycles. The highest BCUT2D eigenvalue weighted by Crippen LogP contribution is 2.32. The van der Waals surface area contributed by atoms with E-state index >= 15 is 0 Å². The number of benzene rings is 1. The smallest absolute Gasteiger partial charge is 0.358 e. The highest BCUT2D eigenvalue weighted by atomic mass is 79.9. The fraction of sp³-hybridized carbons (Fsp3) is 0.238. The summed E-state index contributed by atoms with van der Waals surface area (Å²) in [6.45, 7) is 3.10. The van der Waals surface area contributed by atoms with E-state index in [4.69, 9.17) is 11.6 Å². The van der Waals surface area contributed by atoms with Crippen molar-refractivity contribution < 1.29 is 18.0 Å². The number of likely N-dealkylation sites (N-methyl/N-ethyl adjacent to an activating group) is 1. The first-order valence-electron chi connectivity index (χ1n) is 9.72. The number of aliphatic imine (C=N–C) groups is 1. The number of halogens is 5. The van der Waals surface area contributed by atoms with Crippen LogP contribution in [0, 0.1) is 6.92 Å². The Morgan fingerprint density at radius 3 is 2.67 bits per heavy atom. The third-order valence-corrected chi connectivity index (χ3v) is 5.76. The average Bonchev–Trinajstić information content (AvgIpc) is 3.36. The predicted octanol–water partition coefficient (Wildman–Crippen LogP) is 4.95. The van der Waals surface area contributed by atoms with Crippen molar-refractivity contribution in [1.29, 1.82) is 0 Å². The van der Waals surface area contributed by atoms with E-state index in [9.17, 15) is 18.0 Å². The molecule has 0 atom stereocenters. The molecule has 1 N–H and O–H groups in total. The molecular formula is C21H17BrClF3N6O. The van der Waals surface area contributed by atoms with Crippen LogP contribution in [-0.2, 0) is 6.18 Å². The lowest BCUT2D eigenvalue weighted by atomic mass is 10.1. The second-order valence-corrected chi connectivity index (χ2v) is 8.68. The van der Waals surface area contributed by atoms with Crippen molar-refractivity contribution in [1.82, 2.24) is 19.7 Å². The van der Waals surface area contributed by atoms with Gasteiger partial charge in [0.15, 0.2) is 11.5 Å². The number of aryl methyl sites for hydroxylation is 1. The Hall–Kier alpha value is -2.92. The SMILES string of the molecule is Cc1cc(Br)cc(C2=NCCN2C)c1NC(=O)c1cc(C(F)(F)F)nn1-c1ncccc1Cl. The van der Waals surface area contributed by atoms with Gasteiger partial charge in [0.2, 0.25) is 0 Å². The third-order valence-electron chi connectivity index (χ3n) is 5.01. The third kappa shape index (κ3) is 4.60. The highest BCUT2D eigenvalue weighted by Gasteiger charge is 2.37. The van der Waals surface area contributed by atoms with Gasteiger partial charge in [-0.05, 0) is 36.8 Å². The lowest BCUT2D eigenvalue weighted by Crippen LogP contribution is -2.26. The maximum Gasteiger partial charge on any atom is 0.435 e. The molecule has 1 aliphatic heterocycles. The maximum atomic E-state index is 13.4. The Kier molecular flexibility index (Phi) is 6.19. The summed E-state index contributed by atoms with van der Waals surface area (Å²) in [7, 11) is 1.88. The molecule has 12 heteroatoms. The second kappa shape index (κ2) is 8.79. The molecule has 3 heterocycles. The van der Waals surface area contributed by atoms with E-state index in [1.54, 1.807) is 19.1 Å². The molecule has 172 valence electrons. The lowest BCUT2D eigenvalue weighted by molar-refractivity contribution is -0.141. The fourth-order valence-corrected chi connectivity index (χ4v) is 4.24. The van der Waals surface area contributed by atoms with Crippen LogP contribution in [-0.4, -0.2) is 51.5 Å². The number of anilines is 1. The van der Waals surface area contributed by atoms with Crippen LogP contribution in [0.3, 0.4) is 0 Å². The van der Waals surface area contributed by atoms with Gasteiger partial charge in [-0.15, -0.1) is 0 Å². The number of nitrogens with zero attached hydrogens (tertiary/aromatic N) is 5. The molecule has 1 aliphatic rings. The van der Waals surface area contributed by atoms with Crippen LogP contribution in [0.4, 0.5) is 18.9 Å². The van der Waals surface area contributed by atoms with E-state index < -0.39 is 17.8 Å². The zero-order chi connectivity index (χ0) is 23.9. The summed E-state index contributed by atoms with van der Waals surface area (Å²) in [6, 6.07) is 7.25. The molecule has 3 aromatic rings. The summed E-state index contributed by atoms with van der Waals surface area (Å²) < 4.78 is 41.8. The minimum absolute atomic E-state index is 0.0471. The Morgan fingerprint density at radius 1 is 1.27 bits per heavy atom. The monoisotopic (exact) mass is 540 g/mol. The van der Waals surface area contributed by atoms with Gasteiger partial charge in [0.1, 0.15) is 11.5 Å². The minimum atomic E-state index is -4.76. The Morgan fingerprint density at radius 2 is 2.03 bits per heavy atom. The van der Waals surface area contributed by atoms with E-state index in [0.717, 1.165) is 9.15 Å². The number of rotatable bonds is 4. The van der Waals surface area contributed by atoms with Gasteiger partial charge in [-0.1, -0.05) is 27.5 Å². The molecule has 0 fully saturated rings. The molecule has 0 radical (unpaired) electrons. The molecule has 0 aliphatic carbocycles. The van der Waals surface area contributed by atoms with Crippen LogP contribution in [0.15, 0.2) is 46.0 Å². The molecule has 0 saturated carbocycles. The van der Waals surface area contributed by atoms with E-state index in [1.165, 1.54) is 18.3 Å². The van der Waals surface area contributed by atoms with E-state index in [1.807, 2.05) is 11.9 Å². The van der Waals surface area contributed by atoms with Crippen molar-refractivity contribution >= 4 is 45.0 Å². The van der Waals surface area contributed by atoms with Crippen LogP contribution in [0.5, 0.6) is 0 Å². The number of carbonyl (C=O) groups is 1. The van der Waals surface area contributed by atoms with Crippen LogP contribution < -0.4 is 5.32 Å². The van der Waals surface area contributed by atoms with Crippen molar-refractivity contribution in [2.24, 2.45) is 4.99 Å². The molecular weight excluding hydrogens is 525 g/mol. The average molecular weight is 542 g/mol. The van der Waals surface area contributed by atoms with Gasteiger partial charge in [-0.25, -0.2) is 9.67 Å². The summed E-state index contributed by atoms with van der Waals surface area (Å²) in [5.41, 5.74) is 0.186. The quantitative estimate of drug-likeness (QED) is 0.507. The molecule has 0 saturated heterocycles. The predicted molar refractivity (Wildman–Crippen MR) is 122 cm³/mol. The molecule has 1 amide bonds. The molecule has 7 nitrogen and oxygen atoms in total. The topological polar surface area (TPSA) is 75.4 Å². The Bertz CT molecular complexity index is 1270. The first-order valence-corrected chi connectivity index (χ1v) is 10.9. The number of hydrogen-bond donors (Lipinski definition) is 1. The fourth-order valence-electron chi connectivity index (χ4n) is 3.46. The van der Waals surface area contributed by atoms with Crippen molar-refractivity contribution in [3.05, 3.63) is 68.5 Å². The summed E-state index contributed by atoms with van der Waals surface area (Å²) in [4.78, 5) is 23.7. The van der Waals surface area contributed by atoms with Crippen LogP contribution in [0.25, 0.3) is 5.82 Å². The molecule has 0 spiro atoms. The van der Waals surface area contributed by atoms with Gasteiger partial charge < -0.3 is 10.2 Å². The van der Waals surface area contributed by atoms with Gasteiger partial charge in [-0.2, -0.15) is 18.3 Å². The van der Waals surface area contributed by atoms with Gasteiger partial charge in [0, 0.05) is 35.9 Å². The summed E-state index contributed by atoms with van der Waals surface area (Å²) in [5, 5.41) is 6.36. The number of pyridine rings is 1. The molecule has 0 unspecified atom stereocenters. The van der Waals surface area contributed by atoms with Crippen molar-refractivity contribution in [3.8, 4) is 5.82 Å². The number of carbonyl (C=O) groups excluding carboxylic acids is 1. The van der Waals surface area contributed by atoms with E-state index in [2.05, 4.69) is 36.3 Å². The number of amides is 1. The summed E-state index contributed by atoms with van der Waals surface area (Å²) in [5.74, 6) is -0.216. The Labute approximate surface area is 200 Å². The van der Waals surface area contributed by atoms with E-state index in [0.29, 0.717) is 41.8 Å². The van der Waals surface area contributed by atoms with Gasteiger partial charge in [0.25, 0.3) is 5.91 Å². The van der Waals surface area contributed by atoms with Crippen LogP contribution in [0.1, 0.15) is 27.3 Å². The highest BCUT2D eigenvalue weighted by molar-refractivity contribution is 9.10. The van der Waals surface area contributed by atoms with Crippen molar-refractivity contribution in [3.63, 3.8) is 0 Å². The summed E-state index contributed by atoms with van der Waals surface area (Å²) in [6.07, 6.45) is -3.41. The number of aromatic nitrogens is 3. The normalized spacial score (nSPS) is 13.9. The minimum Gasteiger partial charge on any atom is -0.358 e. The zero-order valence-corrected chi connectivity index (χ0v) is 19.8. The zero-order valence-electron chi connectivity index (χ0n) is 17.4. The molecule has 4 rings (SSSR count). The van der Waals surface area contributed by atoms with E-state index in [-0.39, 0.29) is 16.5 Å². The largest absolute Gasteiger partial charge is 0.435 e. The number of amidine groups is 1. The first-order chi connectivity index (χ1) is 15.6. The first kappa shape index (κ1) is 23.2. The number of alkyl halides is 3. The van der Waals surface area contributed by atoms with Gasteiger partial charge in [0.05, 0.1) is 17.3 Å². The number of hydrogen-bond acceptors (Lipinski definition) is 5. The lowest BCUT2D eigenvalue weighted by Gasteiger charge is -2.20. The molecule has 0 bridgehead atoms. The molecule has 1 aromatic carbocycles. The second-order valence-electron chi connectivity index (χ2n) is 7.36. The summed E-state index contributed by atoms with van der Waals surface area (Å²) >= 11 is 9.58. The van der Waals surface area contributed by atoms with Gasteiger partial charge >= 0.3 is 6.18 Å². The van der Waals surface area contributed by atoms with Crippen LogP contribution in [0.2, 0.25) is 5.02 Å². The maximum absolute atomic E-state index is 13.4. The standard InChI is InChI=1S/C21H17BrClF3N6O/c1-11-8-12(22)9-13(18-28-6-7-31(18)2)17(11)29-20(33)15-10-16(21(24,25)26)30-32(15)19-14(23)4-3-5-27-19/h3-5,8-10H,6-7H2,1-2H3,(H,29,33).